The Morgan fingerprint density at radius 3 is 2.67 bits per heavy atom. The molecule has 1 saturated carbocycles. The molecule has 0 spiro atoms. The van der Waals surface area contributed by atoms with Gasteiger partial charge in [-0.05, 0) is 32.2 Å². The van der Waals surface area contributed by atoms with Gasteiger partial charge in [0.1, 0.15) is 0 Å². The van der Waals surface area contributed by atoms with E-state index in [4.69, 9.17) is 0 Å². The van der Waals surface area contributed by atoms with Gasteiger partial charge in [0.2, 0.25) is 0 Å². The summed E-state index contributed by atoms with van der Waals surface area (Å²) in [5.41, 5.74) is 0. The van der Waals surface area contributed by atoms with Crippen molar-refractivity contribution in [2.45, 2.75) is 69.4 Å². The smallest absolute Gasteiger partial charge is 0.0178 e. The molecular formula is C13H27NS. The second kappa shape index (κ2) is 6.80. The first-order valence-corrected chi connectivity index (χ1v) is 7.44. The van der Waals surface area contributed by atoms with E-state index in [0.29, 0.717) is 6.04 Å². The van der Waals surface area contributed by atoms with Crippen molar-refractivity contribution in [2.24, 2.45) is 5.92 Å². The fourth-order valence-electron chi connectivity index (χ4n) is 2.67. The van der Waals surface area contributed by atoms with Crippen LogP contribution < -0.4 is 5.32 Å². The third-order valence-electron chi connectivity index (χ3n) is 3.67. The third kappa shape index (κ3) is 4.36. The lowest BCUT2D eigenvalue weighted by molar-refractivity contribution is 0.392. The lowest BCUT2D eigenvalue weighted by Gasteiger charge is -2.31. The van der Waals surface area contributed by atoms with Gasteiger partial charge in [-0.15, -0.1) is 0 Å². The predicted octanol–water partition coefficient (Wildman–Crippen LogP) is 3.68. The molecule has 0 bridgehead atoms. The van der Waals surface area contributed by atoms with E-state index in [9.17, 15) is 0 Å². The van der Waals surface area contributed by atoms with Crippen molar-refractivity contribution in [1.82, 2.24) is 5.32 Å². The molecule has 0 aromatic heterocycles. The number of hydrogen-bond donors (Lipinski definition) is 1. The number of thioether (sulfide) groups is 1. The maximum Gasteiger partial charge on any atom is 0.0178 e. The molecule has 0 amide bonds. The molecule has 1 fully saturated rings. The van der Waals surface area contributed by atoms with Gasteiger partial charge < -0.3 is 5.32 Å². The molecule has 1 aliphatic carbocycles. The van der Waals surface area contributed by atoms with Crippen LogP contribution in [0.5, 0.6) is 0 Å². The van der Waals surface area contributed by atoms with Crippen LogP contribution in [-0.2, 0) is 0 Å². The maximum atomic E-state index is 3.43. The van der Waals surface area contributed by atoms with Crippen molar-refractivity contribution in [1.29, 1.82) is 0 Å². The molecule has 0 radical (unpaired) electrons. The van der Waals surface area contributed by atoms with Crippen molar-refractivity contribution >= 4 is 11.8 Å². The Bertz CT molecular complexity index is 168. The maximum absolute atomic E-state index is 3.43. The minimum atomic E-state index is 0.687. The fraction of sp³-hybridized carbons (Fsp3) is 1.00. The van der Waals surface area contributed by atoms with E-state index in [1.54, 1.807) is 0 Å². The highest BCUT2D eigenvalue weighted by atomic mass is 32.2. The Labute approximate surface area is 99.8 Å². The summed E-state index contributed by atoms with van der Waals surface area (Å²) < 4.78 is 0. The molecule has 1 N–H and O–H groups in total. The zero-order valence-electron chi connectivity index (χ0n) is 10.8. The lowest BCUT2D eigenvalue weighted by Crippen LogP contribution is -2.34. The zero-order valence-corrected chi connectivity index (χ0v) is 11.6. The van der Waals surface area contributed by atoms with Crippen LogP contribution in [0.3, 0.4) is 0 Å². The summed E-state index contributed by atoms with van der Waals surface area (Å²) in [5, 5.41) is 5.11. The van der Waals surface area contributed by atoms with E-state index >= 15 is 0 Å². The van der Waals surface area contributed by atoms with Crippen molar-refractivity contribution in [3.8, 4) is 0 Å². The van der Waals surface area contributed by atoms with E-state index in [1.165, 1.54) is 32.1 Å². The monoisotopic (exact) mass is 229 g/mol. The predicted molar refractivity (Wildman–Crippen MR) is 71.6 cm³/mol. The first kappa shape index (κ1) is 13.4. The summed E-state index contributed by atoms with van der Waals surface area (Å²) in [5.74, 6) is 0.957. The van der Waals surface area contributed by atoms with Crippen molar-refractivity contribution in [3.63, 3.8) is 0 Å². The Morgan fingerprint density at radius 2 is 2.13 bits per heavy atom. The van der Waals surface area contributed by atoms with E-state index < -0.39 is 0 Å². The van der Waals surface area contributed by atoms with Crippen LogP contribution in [0.1, 0.15) is 52.9 Å². The number of hydrogen-bond acceptors (Lipinski definition) is 2. The largest absolute Gasteiger partial charge is 0.316 e. The molecular weight excluding hydrogens is 202 g/mol. The molecule has 15 heavy (non-hydrogen) atoms. The molecule has 1 aliphatic rings. The van der Waals surface area contributed by atoms with Crippen LogP contribution in [-0.4, -0.2) is 23.6 Å². The zero-order chi connectivity index (χ0) is 11.3. The highest BCUT2D eigenvalue weighted by Crippen LogP contribution is 2.35. The summed E-state index contributed by atoms with van der Waals surface area (Å²) in [7, 11) is 2.09. The van der Waals surface area contributed by atoms with E-state index in [2.05, 4.69) is 44.9 Å². The van der Waals surface area contributed by atoms with Gasteiger partial charge in [0.25, 0.3) is 0 Å². The van der Waals surface area contributed by atoms with Gasteiger partial charge >= 0.3 is 0 Å². The van der Waals surface area contributed by atoms with Crippen LogP contribution in [0, 0.1) is 5.92 Å². The third-order valence-corrected chi connectivity index (χ3v) is 5.24. The molecule has 2 heteroatoms. The normalized spacial score (nSPS) is 31.2. The van der Waals surface area contributed by atoms with Gasteiger partial charge in [-0.1, -0.05) is 33.6 Å². The van der Waals surface area contributed by atoms with Crippen LogP contribution in [0.25, 0.3) is 0 Å². The van der Waals surface area contributed by atoms with Gasteiger partial charge in [-0.25, -0.2) is 0 Å². The van der Waals surface area contributed by atoms with Gasteiger partial charge in [0.05, 0.1) is 0 Å². The van der Waals surface area contributed by atoms with E-state index in [1.807, 2.05) is 0 Å². The molecule has 0 aromatic rings. The minimum absolute atomic E-state index is 0.687. The molecule has 0 aromatic carbocycles. The van der Waals surface area contributed by atoms with Crippen molar-refractivity contribution in [2.75, 3.05) is 7.05 Å². The standard InChI is InChI=1S/C13H27NS/c1-5-13(14-4)11(3)15-12-8-6-7-10(2)9-12/h10-14H,5-9H2,1-4H3. The molecule has 0 saturated heterocycles. The summed E-state index contributed by atoms with van der Waals surface area (Å²) in [6.07, 6.45) is 7.03. The van der Waals surface area contributed by atoms with Crippen molar-refractivity contribution < 1.29 is 0 Å². The fourth-order valence-corrected chi connectivity index (χ4v) is 4.54. The number of nitrogens with one attached hydrogen (secondary N) is 1. The average molecular weight is 229 g/mol. The van der Waals surface area contributed by atoms with Crippen LogP contribution >= 0.6 is 11.8 Å². The average Bonchev–Trinajstić information content (AvgIpc) is 2.19. The minimum Gasteiger partial charge on any atom is -0.316 e. The van der Waals surface area contributed by atoms with Gasteiger partial charge in [-0.3, -0.25) is 0 Å². The Kier molecular flexibility index (Phi) is 6.06. The van der Waals surface area contributed by atoms with Crippen LogP contribution in [0.2, 0.25) is 0 Å². The summed E-state index contributed by atoms with van der Waals surface area (Å²) >= 11 is 2.22. The van der Waals surface area contributed by atoms with E-state index in [0.717, 1.165) is 16.4 Å². The first-order valence-electron chi connectivity index (χ1n) is 6.50. The number of rotatable bonds is 5. The van der Waals surface area contributed by atoms with E-state index in [-0.39, 0.29) is 0 Å². The second-order valence-electron chi connectivity index (χ2n) is 5.04. The highest BCUT2D eigenvalue weighted by molar-refractivity contribution is 8.00. The molecule has 1 nitrogen and oxygen atoms in total. The summed E-state index contributed by atoms with van der Waals surface area (Å²) in [4.78, 5) is 0. The van der Waals surface area contributed by atoms with Crippen LogP contribution in [0.4, 0.5) is 0 Å². The molecule has 90 valence electrons. The molecule has 0 aliphatic heterocycles. The molecule has 4 unspecified atom stereocenters. The highest BCUT2D eigenvalue weighted by Gasteiger charge is 2.23. The summed E-state index contributed by atoms with van der Waals surface area (Å²) in [6, 6.07) is 0.687. The first-order chi connectivity index (χ1) is 7.17. The topological polar surface area (TPSA) is 12.0 Å². The lowest BCUT2D eigenvalue weighted by atomic mass is 9.91. The molecule has 0 heterocycles. The SMILES string of the molecule is CCC(NC)C(C)SC1CCCC(C)C1. The second-order valence-corrected chi connectivity index (χ2v) is 6.72. The quantitative estimate of drug-likeness (QED) is 0.772. The van der Waals surface area contributed by atoms with Gasteiger partial charge in [0.15, 0.2) is 0 Å². The Morgan fingerprint density at radius 1 is 1.40 bits per heavy atom. The van der Waals surface area contributed by atoms with Gasteiger partial charge in [0, 0.05) is 16.5 Å². The Balaban J connectivity index is 2.32. The van der Waals surface area contributed by atoms with Crippen LogP contribution in [0.15, 0.2) is 0 Å². The molecule has 4 atom stereocenters. The van der Waals surface area contributed by atoms with Crippen molar-refractivity contribution in [3.05, 3.63) is 0 Å². The molecule has 1 rings (SSSR count). The summed E-state index contributed by atoms with van der Waals surface area (Å²) in [6.45, 7) is 7.07. The Hall–Kier alpha value is 0.310. The van der Waals surface area contributed by atoms with Gasteiger partial charge in [-0.2, -0.15) is 11.8 Å².